The summed E-state index contributed by atoms with van der Waals surface area (Å²) in [7, 11) is 0. The zero-order valence-electron chi connectivity index (χ0n) is 16.3. The number of rotatable bonds is 5. The van der Waals surface area contributed by atoms with Crippen molar-refractivity contribution in [2.45, 2.75) is 37.5 Å². The molecule has 1 aliphatic carbocycles. The molecule has 0 bridgehead atoms. The fraction of sp³-hybridized carbons (Fsp3) is 0.421. The Hall–Kier alpha value is -2.76. The molecule has 0 spiro atoms. The number of amides is 1. The number of ether oxygens (including phenoxy) is 1. The molecule has 4 rings (SSSR count). The number of primary amides is 1. The van der Waals surface area contributed by atoms with Crippen LogP contribution in [0, 0.1) is 0 Å². The van der Waals surface area contributed by atoms with Crippen LogP contribution in [0.25, 0.3) is 0 Å². The van der Waals surface area contributed by atoms with Gasteiger partial charge in [-0.3, -0.25) is 4.79 Å². The maximum atomic E-state index is 11.7. The van der Waals surface area contributed by atoms with Crippen molar-refractivity contribution in [3.8, 4) is 5.75 Å². The standard InChI is InChI=1S/C19H24N6O4.H2S/c20-17(28)14-8-22-19(25-18(14)23-10-1-3-12(26)5-10)24-11-2-4-16-15(6-11)21-7-13(27)9-29-16;/h2,4,6,8,10,12-13,21,26-27H,1,3,5,7,9H2,(H2,20,28)(H2,22,23,24,25);1H2/t10?,12?,13-;/m0./s1. The molecule has 162 valence electrons. The summed E-state index contributed by atoms with van der Waals surface area (Å²) in [6.45, 7) is 0.622. The predicted octanol–water partition coefficient (Wildman–Crippen LogP) is 0.922. The van der Waals surface area contributed by atoms with Gasteiger partial charge in [0.25, 0.3) is 5.91 Å². The predicted molar refractivity (Wildman–Crippen MR) is 118 cm³/mol. The van der Waals surface area contributed by atoms with Gasteiger partial charge in [0.1, 0.15) is 24.3 Å². The van der Waals surface area contributed by atoms with Gasteiger partial charge in [-0.2, -0.15) is 18.5 Å². The second-order valence-corrected chi connectivity index (χ2v) is 7.31. The van der Waals surface area contributed by atoms with Gasteiger partial charge in [0.05, 0.1) is 17.4 Å². The van der Waals surface area contributed by atoms with Gasteiger partial charge < -0.3 is 36.6 Å². The first-order valence-corrected chi connectivity index (χ1v) is 9.55. The van der Waals surface area contributed by atoms with E-state index < -0.39 is 12.0 Å². The smallest absolute Gasteiger partial charge is 0.254 e. The van der Waals surface area contributed by atoms with Crippen molar-refractivity contribution < 1.29 is 19.7 Å². The summed E-state index contributed by atoms with van der Waals surface area (Å²) in [6.07, 6.45) is 2.54. The first-order valence-electron chi connectivity index (χ1n) is 9.55. The number of nitrogens with two attached hydrogens (primary N) is 1. The lowest BCUT2D eigenvalue weighted by molar-refractivity contribution is 0.100. The molecular formula is C19H26N6O4S. The molecular weight excluding hydrogens is 408 g/mol. The van der Waals surface area contributed by atoms with E-state index in [0.29, 0.717) is 42.6 Å². The molecule has 2 heterocycles. The molecule has 1 saturated carbocycles. The van der Waals surface area contributed by atoms with E-state index in [2.05, 4.69) is 25.9 Å². The number of carbonyl (C=O) groups is 1. The van der Waals surface area contributed by atoms with Crippen LogP contribution >= 0.6 is 13.5 Å². The van der Waals surface area contributed by atoms with Gasteiger partial charge in [-0.15, -0.1) is 0 Å². The number of aliphatic hydroxyl groups is 2. The number of nitrogens with zero attached hydrogens (tertiary/aromatic N) is 2. The highest BCUT2D eigenvalue weighted by Crippen LogP contribution is 2.31. The number of benzene rings is 1. The number of aromatic nitrogens is 2. The van der Waals surface area contributed by atoms with Crippen LogP contribution in [-0.4, -0.2) is 57.5 Å². The molecule has 0 saturated heterocycles. The minimum Gasteiger partial charge on any atom is -0.489 e. The molecule has 1 aromatic carbocycles. The number of carbonyl (C=O) groups excluding carboxylic acids is 1. The Balaban J connectivity index is 0.00000256. The first-order chi connectivity index (χ1) is 14.0. The van der Waals surface area contributed by atoms with E-state index in [0.717, 1.165) is 12.1 Å². The normalized spacial score (nSPS) is 22.5. The van der Waals surface area contributed by atoms with E-state index in [9.17, 15) is 15.0 Å². The minimum absolute atomic E-state index is 0. The van der Waals surface area contributed by atoms with Gasteiger partial charge in [0.15, 0.2) is 0 Å². The van der Waals surface area contributed by atoms with Crippen molar-refractivity contribution in [3.63, 3.8) is 0 Å². The molecule has 1 aromatic heterocycles. The fourth-order valence-electron chi connectivity index (χ4n) is 3.49. The van der Waals surface area contributed by atoms with Crippen molar-refractivity contribution in [1.29, 1.82) is 0 Å². The van der Waals surface area contributed by atoms with E-state index in [1.54, 1.807) is 6.07 Å². The van der Waals surface area contributed by atoms with Crippen molar-refractivity contribution in [2.75, 3.05) is 29.1 Å². The van der Waals surface area contributed by atoms with Crippen molar-refractivity contribution in [1.82, 2.24) is 9.97 Å². The van der Waals surface area contributed by atoms with Gasteiger partial charge in [-0.05, 0) is 37.5 Å². The van der Waals surface area contributed by atoms with Gasteiger partial charge in [-0.25, -0.2) is 4.98 Å². The summed E-state index contributed by atoms with van der Waals surface area (Å²) in [6, 6.07) is 5.45. The highest BCUT2D eigenvalue weighted by atomic mass is 32.1. The van der Waals surface area contributed by atoms with E-state index in [1.165, 1.54) is 6.20 Å². The molecule has 10 nitrogen and oxygen atoms in total. The molecule has 7 N–H and O–H groups in total. The summed E-state index contributed by atoms with van der Waals surface area (Å²) in [5, 5.41) is 28.9. The number of aliphatic hydroxyl groups excluding tert-OH is 2. The average molecular weight is 435 g/mol. The van der Waals surface area contributed by atoms with Crippen LogP contribution in [0.5, 0.6) is 5.75 Å². The van der Waals surface area contributed by atoms with E-state index in [4.69, 9.17) is 10.5 Å². The average Bonchev–Trinajstić information content (AvgIpc) is 3.00. The molecule has 2 unspecified atom stereocenters. The molecule has 0 radical (unpaired) electrons. The van der Waals surface area contributed by atoms with E-state index in [1.807, 2.05) is 12.1 Å². The van der Waals surface area contributed by atoms with Crippen molar-refractivity contribution >= 4 is 42.5 Å². The lowest BCUT2D eigenvalue weighted by atomic mass is 10.2. The molecule has 30 heavy (non-hydrogen) atoms. The number of hydrogen-bond donors (Lipinski definition) is 6. The summed E-state index contributed by atoms with van der Waals surface area (Å²) in [5.41, 5.74) is 7.11. The highest BCUT2D eigenvalue weighted by molar-refractivity contribution is 7.59. The number of nitrogens with one attached hydrogen (secondary N) is 3. The third-order valence-corrected chi connectivity index (χ3v) is 5.00. The van der Waals surface area contributed by atoms with Crippen molar-refractivity contribution in [3.05, 3.63) is 30.0 Å². The van der Waals surface area contributed by atoms with Crippen LogP contribution in [-0.2, 0) is 0 Å². The van der Waals surface area contributed by atoms with Crippen LogP contribution in [0.1, 0.15) is 29.6 Å². The Labute approximate surface area is 180 Å². The zero-order valence-corrected chi connectivity index (χ0v) is 17.3. The lowest BCUT2D eigenvalue weighted by Crippen LogP contribution is -2.23. The van der Waals surface area contributed by atoms with Crippen LogP contribution in [0.2, 0.25) is 0 Å². The summed E-state index contributed by atoms with van der Waals surface area (Å²) >= 11 is 0. The summed E-state index contributed by atoms with van der Waals surface area (Å²) in [4.78, 5) is 20.3. The summed E-state index contributed by atoms with van der Waals surface area (Å²) in [5.74, 6) is 0.667. The third-order valence-electron chi connectivity index (χ3n) is 5.00. The first kappa shape index (κ1) is 21.9. The number of fused-ring (bicyclic) bond motifs is 1. The SMILES string of the molecule is NC(=O)c1cnc(Nc2ccc3c(c2)NC[C@H](O)CO3)nc1NC1CCC(O)C1.S. The van der Waals surface area contributed by atoms with Crippen LogP contribution in [0.15, 0.2) is 24.4 Å². The fourth-order valence-corrected chi connectivity index (χ4v) is 3.49. The van der Waals surface area contributed by atoms with Gasteiger partial charge in [-0.1, -0.05) is 0 Å². The van der Waals surface area contributed by atoms with E-state index >= 15 is 0 Å². The molecule has 2 aliphatic rings. The van der Waals surface area contributed by atoms with Gasteiger partial charge in [0, 0.05) is 24.5 Å². The van der Waals surface area contributed by atoms with Crippen LogP contribution in [0.4, 0.5) is 23.1 Å². The largest absolute Gasteiger partial charge is 0.489 e. The monoisotopic (exact) mass is 434 g/mol. The molecule has 1 fully saturated rings. The van der Waals surface area contributed by atoms with Crippen LogP contribution in [0.3, 0.4) is 0 Å². The number of anilines is 4. The second kappa shape index (κ2) is 9.37. The van der Waals surface area contributed by atoms with Crippen molar-refractivity contribution in [2.24, 2.45) is 5.73 Å². The maximum Gasteiger partial charge on any atom is 0.254 e. The maximum absolute atomic E-state index is 11.7. The number of hydrogen-bond acceptors (Lipinski definition) is 9. The topological polar surface area (TPSA) is 155 Å². The Morgan fingerprint density at radius 2 is 2.10 bits per heavy atom. The zero-order chi connectivity index (χ0) is 20.4. The minimum atomic E-state index is -0.623. The van der Waals surface area contributed by atoms with Gasteiger partial charge >= 0.3 is 0 Å². The molecule has 2 aromatic rings. The van der Waals surface area contributed by atoms with E-state index in [-0.39, 0.29) is 37.8 Å². The summed E-state index contributed by atoms with van der Waals surface area (Å²) < 4.78 is 5.56. The Morgan fingerprint density at radius 3 is 2.83 bits per heavy atom. The molecule has 1 aliphatic heterocycles. The molecule has 11 heteroatoms. The molecule has 1 amide bonds. The Kier molecular flexibility index (Phi) is 6.85. The Morgan fingerprint density at radius 1 is 1.27 bits per heavy atom. The van der Waals surface area contributed by atoms with Crippen LogP contribution < -0.4 is 26.4 Å². The number of β-amino-alcohol motifs (C(OH)–C–C–N with tert-alkyl or cyclic N) is 1. The quantitative estimate of drug-likeness (QED) is 0.403. The molecule has 3 atom stereocenters. The Bertz CT molecular complexity index is 915. The van der Waals surface area contributed by atoms with Gasteiger partial charge in [0.2, 0.25) is 5.95 Å². The second-order valence-electron chi connectivity index (χ2n) is 7.31. The highest BCUT2D eigenvalue weighted by Gasteiger charge is 2.25. The third kappa shape index (κ3) is 5.04. The lowest BCUT2D eigenvalue weighted by Gasteiger charge is -2.16.